The molecule has 0 atom stereocenters. The Kier molecular flexibility index (Phi) is 3.58. The Labute approximate surface area is 88.0 Å². The first-order valence-corrected chi connectivity index (χ1v) is 4.19. The Morgan fingerprint density at radius 2 is 2.27 bits per heavy atom. The lowest BCUT2D eigenvalue weighted by molar-refractivity contribution is -0.325. The average molecular weight is 240 g/mol. The molecule has 0 fully saturated rings. The van der Waals surface area contributed by atoms with Crippen LogP contribution >= 0.6 is 12.2 Å². The van der Waals surface area contributed by atoms with Crippen molar-refractivity contribution in [1.82, 2.24) is 14.8 Å². The molecule has 1 aromatic heterocycles. The van der Waals surface area contributed by atoms with Crippen molar-refractivity contribution < 1.29 is 17.9 Å². The van der Waals surface area contributed by atoms with Gasteiger partial charge >= 0.3 is 6.36 Å². The molecule has 0 radical (unpaired) electrons. The van der Waals surface area contributed by atoms with Crippen LogP contribution in [0.3, 0.4) is 0 Å². The molecule has 0 aromatic carbocycles. The lowest BCUT2D eigenvalue weighted by Gasteiger charge is -2.06. The maximum absolute atomic E-state index is 11.6. The van der Waals surface area contributed by atoms with Crippen LogP contribution in [0.25, 0.3) is 0 Å². The third-order valence-corrected chi connectivity index (χ3v) is 1.53. The second-order valence-electron chi connectivity index (χ2n) is 2.49. The molecule has 0 saturated heterocycles. The SMILES string of the molecule is NC(=S)c1ncn(CCOC(F)(F)F)n1. The minimum atomic E-state index is -4.63. The van der Waals surface area contributed by atoms with Crippen molar-refractivity contribution in [2.75, 3.05) is 6.61 Å². The number of rotatable bonds is 4. The largest absolute Gasteiger partial charge is 0.522 e. The van der Waals surface area contributed by atoms with Crippen LogP contribution in [0.4, 0.5) is 13.2 Å². The lowest BCUT2D eigenvalue weighted by Crippen LogP contribution is -2.18. The maximum atomic E-state index is 11.6. The molecule has 15 heavy (non-hydrogen) atoms. The standard InChI is InChI=1S/C6H7F3N4OS/c7-6(8,9)14-2-1-13-3-11-5(12-13)4(10)15/h3H,1-2H2,(H2,10,15). The number of aromatic nitrogens is 3. The van der Waals surface area contributed by atoms with Crippen LogP contribution in [0.15, 0.2) is 6.33 Å². The fourth-order valence-electron chi connectivity index (χ4n) is 0.770. The van der Waals surface area contributed by atoms with E-state index in [1.54, 1.807) is 0 Å². The molecule has 9 heteroatoms. The van der Waals surface area contributed by atoms with E-state index in [0.717, 1.165) is 0 Å². The topological polar surface area (TPSA) is 66.0 Å². The van der Waals surface area contributed by atoms with Crippen LogP contribution in [0.1, 0.15) is 5.82 Å². The predicted octanol–water partition coefficient (Wildman–Crippen LogP) is 0.449. The van der Waals surface area contributed by atoms with Crippen LogP contribution in [0.2, 0.25) is 0 Å². The van der Waals surface area contributed by atoms with Crippen LogP contribution in [0, 0.1) is 0 Å². The van der Waals surface area contributed by atoms with Crippen molar-refractivity contribution in [2.45, 2.75) is 12.9 Å². The molecule has 0 bridgehead atoms. The number of ether oxygens (including phenoxy) is 1. The summed E-state index contributed by atoms with van der Waals surface area (Å²) in [4.78, 5) is 3.67. The van der Waals surface area contributed by atoms with E-state index in [2.05, 4.69) is 27.0 Å². The number of alkyl halides is 3. The summed E-state index contributed by atoms with van der Waals surface area (Å²) in [5.74, 6) is 0.122. The molecule has 1 rings (SSSR count). The number of nitrogens with zero attached hydrogens (tertiary/aromatic N) is 3. The van der Waals surface area contributed by atoms with E-state index in [0.29, 0.717) is 0 Å². The number of thiocarbonyl (C=S) groups is 1. The lowest BCUT2D eigenvalue weighted by atomic mass is 10.6. The van der Waals surface area contributed by atoms with Crippen molar-refractivity contribution in [3.63, 3.8) is 0 Å². The summed E-state index contributed by atoms with van der Waals surface area (Å²) in [6.45, 7) is -0.612. The zero-order chi connectivity index (χ0) is 11.5. The average Bonchev–Trinajstić information content (AvgIpc) is 2.50. The van der Waals surface area contributed by atoms with Gasteiger partial charge in [0.2, 0.25) is 5.82 Å². The smallest absolute Gasteiger partial charge is 0.387 e. The van der Waals surface area contributed by atoms with Crippen molar-refractivity contribution in [2.24, 2.45) is 5.73 Å². The van der Waals surface area contributed by atoms with Crippen molar-refractivity contribution >= 4 is 17.2 Å². The molecular weight excluding hydrogens is 233 g/mol. The first-order valence-electron chi connectivity index (χ1n) is 3.78. The van der Waals surface area contributed by atoms with Crippen LogP contribution < -0.4 is 5.73 Å². The molecule has 0 saturated carbocycles. The number of halogens is 3. The highest BCUT2D eigenvalue weighted by Gasteiger charge is 2.28. The molecule has 0 aliphatic heterocycles. The zero-order valence-electron chi connectivity index (χ0n) is 7.36. The predicted molar refractivity (Wildman–Crippen MR) is 47.9 cm³/mol. The first-order chi connectivity index (χ1) is 6.88. The van der Waals surface area contributed by atoms with Crippen molar-refractivity contribution in [1.29, 1.82) is 0 Å². The molecule has 1 aromatic rings. The van der Waals surface area contributed by atoms with E-state index >= 15 is 0 Å². The summed E-state index contributed by atoms with van der Waals surface area (Å²) in [5.41, 5.74) is 5.21. The van der Waals surface area contributed by atoms with E-state index < -0.39 is 13.0 Å². The highest BCUT2D eigenvalue weighted by atomic mass is 32.1. The molecule has 84 valence electrons. The van der Waals surface area contributed by atoms with Crippen LogP contribution in [-0.2, 0) is 11.3 Å². The number of hydrogen-bond acceptors (Lipinski definition) is 4. The molecule has 0 aliphatic carbocycles. The van der Waals surface area contributed by atoms with Crippen LogP contribution in [-0.4, -0.2) is 32.7 Å². The van der Waals surface area contributed by atoms with E-state index in [1.165, 1.54) is 11.0 Å². The summed E-state index contributed by atoms with van der Waals surface area (Å²) < 4.78 is 39.5. The molecule has 0 spiro atoms. The molecule has 0 aliphatic rings. The van der Waals surface area contributed by atoms with Gasteiger partial charge in [0.05, 0.1) is 13.2 Å². The second-order valence-corrected chi connectivity index (χ2v) is 2.93. The molecule has 5 nitrogen and oxygen atoms in total. The van der Waals surface area contributed by atoms with Crippen LogP contribution in [0.5, 0.6) is 0 Å². The van der Waals surface area contributed by atoms with E-state index in [-0.39, 0.29) is 17.4 Å². The van der Waals surface area contributed by atoms with Gasteiger partial charge in [0.1, 0.15) is 11.3 Å². The molecule has 1 heterocycles. The van der Waals surface area contributed by atoms with Gasteiger partial charge in [-0.1, -0.05) is 12.2 Å². The minimum absolute atomic E-state index is 0.00881. The number of nitrogens with two attached hydrogens (primary N) is 1. The zero-order valence-corrected chi connectivity index (χ0v) is 8.18. The quantitative estimate of drug-likeness (QED) is 0.774. The van der Waals surface area contributed by atoms with Gasteiger partial charge in [-0.15, -0.1) is 18.3 Å². The van der Waals surface area contributed by atoms with E-state index in [1.807, 2.05) is 0 Å². The van der Waals surface area contributed by atoms with Crippen molar-refractivity contribution in [3.05, 3.63) is 12.2 Å². The van der Waals surface area contributed by atoms with E-state index in [9.17, 15) is 13.2 Å². The van der Waals surface area contributed by atoms with Gasteiger partial charge in [-0.3, -0.25) is 4.74 Å². The fraction of sp³-hybridized carbons (Fsp3) is 0.500. The monoisotopic (exact) mass is 240 g/mol. The first kappa shape index (κ1) is 11.9. The minimum Gasteiger partial charge on any atom is -0.387 e. The summed E-state index contributed by atoms with van der Waals surface area (Å²) in [6, 6.07) is 0. The van der Waals surface area contributed by atoms with Gasteiger partial charge in [-0.2, -0.15) is 0 Å². The van der Waals surface area contributed by atoms with Gasteiger partial charge in [-0.25, -0.2) is 9.67 Å². The van der Waals surface area contributed by atoms with E-state index in [4.69, 9.17) is 5.73 Å². The summed E-state index contributed by atoms with van der Waals surface area (Å²) in [6.07, 6.45) is -3.40. The Morgan fingerprint density at radius 3 is 2.73 bits per heavy atom. The Hall–Kier alpha value is -1.22. The molecular formula is C6H7F3N4OS. The van der Waals surface area contributed by atoms with Gasteiger partial charge in [-0.05, 0) is 0 Å². The summed E-state index contributed by atoms with van der Waals surface area (Å²) in [7, 11) is 0. The summed E-state index contributed by atoms with van der Waals surface area (Å²) in [5, 5.41) is 3.72. The molecule has 2 N–H and O–H groups in total. The highest BCUT2D eigenvalue weighted by Crippen LogP contribution is 2.15. The Bertz CT molecular complexity index is 350. The Balaban J connectivity index is 2.41. The second kappa shape index (κ2) is 4.53. The summed E-state index contributed by atoms with van der Waals surface area (Å²) >= 11 is 4.58. The third-order valence-electron chi connectivity index (χ3n) is 1.34. The molecule has 0 amide bonds. The maximum Gasteiger partial charge on any atom is 0.522 e. The third kappa shape index (κ3) is 4.21. The number of hydrogen-bond donors (Lipinski definition) is 1. The van der Waals surface area contributed by atoms with Gasteiger partial charge in [0.25, 0.3) is 0 Å². The highest BCUT2D eigenvalue weighted by molar-refractivity contribution is 7.80. The Morgan fingerprint density at radius 1 is 1.60 bits per heavy atom. The van der Waals surface area contributed by atoms with Crippen molar-refractivity contribution in [3.8, 4) is 0 Å². The van der Waals surface area contributed by atoms with Gasteiger partial charge in [0.15, 0.2) is 0 Å². The van der Waals surface area contributed by atoms with Gasteiger partial charge in [0, 0.05) is 0 Å². The molecule has 0 unspecified atom stereocenters. The normalized spacial score (nSPS) is 11.7. The van der Waals surface area contributed by atoms with Gasteiger partial charge < -0.3 is 5.73 Å². The fourth-order valence-corrected chi connectivity index (χ4v) is 0.864.